The number of hydrogen-bond acceptors (Lipinski definition) is 18. The lowest BCUT2D eigenvalue weighted by atomic mass is 10.1. The van der Waals surface area contributed by atoms with Gasteiger partial charge in [-0.15, -0.1) is 20.4 Å². The van der Waals surface area contributed by atoms with Crippen LogP contribution in [0.2, 0.25) is 51.4 Å². The van der Waals surface area contributed by atoms with Crippen molar-refractivity contribution < 1.29 is 19.1 Å². The third-order valence-electron chi connectivity index (χ3n) is 13.0. The first-order chi connectivity index (χ1) is 35.9. The number of carbonyl (C=O) groups excluding carboxylic acids is 2. The number of hydrogen-bond donors (Lipinski definition) is 0. The maximum absolute atomic E-state index is 13.3. The molecule has 0 aromatic carbocycles. The van der Waals surface area contributed by atoms with Crippen molar-refractivity contribution >= 4 is 50.7 Å². The van der Waals surface area contributed by atoms with E-state index in [4.69, 9.17) is 19.4 Å². The van der Waals surface area contributed by atoms with Gasteiger partial charge in [0.15, 0.2) is 34.9 Å². The van der Waals surface area contributed by atoms with Gasteiger partial charge in [0.2, 0.25) is 0 Å². The number of carbonyl (C=O) groups is 2. The molecule has 24 nitrogen and oxygen atoms in total. The number of ether oxygens (including phenoxy) is 2. The second-order valence-corrected chi connectivity index (χ2v) is 32.4. The van der Waals surface area contributed by atoms with Crippen LogP contribution in [-0.4, -0.2) is 130 Å². The fourth-order valence-corrected chi connectivity index (χ4v) is 10.5. The van der Waals surface area contributed by atoms with Crippen molar-refractivity contribution in [1.29, 1.82) is 0 Å². The van der Waals surface area contributed by atoms with Crippen molar-refractivity contribution in [3.05, 3.63) is 109 Å². The summed E-state index contributed by atoms with van der Waals surface area (Å²) in [5.41, 5.74) is 4.25. The lowest BCUT2D eigenvalue weighted by Crippen LogP contribution is -2.32. The first-order valence-electron chi connectivity index (χ1n) is 25.3. The zero-order valence-corrected chi connectivity index (χ0v) is 46.7. The fraction of sp³-hybridized carbons (Fsp3) is 0.469. The summed E-state index contributed by atoms with van der Waals surface area (Å²) >= 11 is 0. The van der Waals surface area contributed by atoms with Crippen LogP contribution < -0.4 is 9.80 Å². The Morgan fingerprint density at radius 1 is 0.627 bits per heavy atom. The highest BCUT2D eigenvalue weighted by molar-refractivity contribution is 6.76. The van der Waals surface area contributed by atoms with Crippen molar-refractivity contribution in [3.63, 3.8) is 0 Å². The number of Topliss-reactive ketones (excluding diaryl/α,β-unsaturated/α-hetero) is 2. The van der Waals surface area contributed by atoms with Gasteiger partial charge in [0, 0.05) is 68.2 Å². The molecule has 2 unspecified atom stereocenters. The maximum Gasteiger partial charge on any atom is 0.188 e. The minimum atomic E-state index is -1.19. The van der Waals surface area contributed by atoms with Crippen molar-refractivity contribution in [2.24, 2.45) is 14.1 Å². The lowest BCUT2D eigenvalue weighted by Gasteiger charge is -2.36. The second kappa shape index (κ2) is 21.8. The Balaban J connectivity index is 0.000000184. The van der Waals surface area contributed by atoms with Gasteiger partial charge in [-0.05, 0) is 44.0 Å². The monoisotopic (exact) mass is 1050 g/mol. The van der Waals surface area contributed by atoms with E-state index < -0.39 is 16.1 Å². The highest BCUT2D eigenvalue weighted by Crippen LogP contribution is 2.44. The third-order valence-corrected chi connectivity index (χ3v) is 16.4. The molecule has 0 radical (unpaired) electrons. The van der Waals surface area contributed by atoms with Crippen molar-refractivity contribution in [3.8, 4) is 11.4 Å². The molecule has 0 spiro atoms. The van der Waals surface area contributed by atoms with E-state index in [1.54, 1.807) is 74.4 Å². The summed E-state index contributed by atoms with van der Waals surface area (Å²) in [6, 6.07) is 5.35. The van der Waals surface area contributed by atoms with E-state index in [-0.39, 0.29) is 50.0 Å². The van der Waals surface area contributed by atoms with E-state index in [9.17, 15) is 9.59 Å². The molecule has 0 amide bonds. The van der Waals surface area contributed by atoms with Gasteiger partial charge in [0.1, 0.15) is 60.0 Å². The maximum atomic E-state index is 13.3. The number of fused-ring (bicyclic) bond motifs is 6. The predicted molar refractivity (Wildman–Crippen MR) is 284 cm³/mol. The van der Waals surface area contributed by atoms with Gasteiger partial charge in [-0.1, -0.05) is 53.1 Å². The summed E-state index contributed by atoms with van der Waals surface area (Å²) in [6.07, 6.45) is 17.5. The molecule has 8 aromatic rings. The molecule has 8 aromatic heterocycles. The molecule has 10 heterocycles. The highest BCUT2D eigenvalue weighted by Gasteiger charge is 2.38. The highest BCUT2D eigenvalue weighted by atomic mass is 28.3. The van der Waals surface area contributed by atoms with E-state index in [0.717, 1.165) is 65.2 Å². The minimum Gasteiger partial charge on any atom is -0.360 e. The Labute approximate surface area is 437 Å². The Morgan fingerprint density at radius 3 is 1.60 bits per heavy atom. The third kappa shape index (κ3) is 11.5. The molecule has 2 aliphatic heterocycles. The van der Waals surface area contributed by atoms with Gasteiger partial charge in [-0.2, -0.15) is 20.4 Å². The lowest BCUT2D eigenvalue weighted by molar-refractivity contribution is 0.0730. The van der Waals surface area contributed by atoms with Crippen LogP contribution in [0.5, 0.6) is 0 Å². The molecule has 10 rings (SSSR count). The number of nitrogens with zero attached hydrogens (tertiary/aromatic N) is 20. The molecule has 26 heteroatoms. The van der Waals surface area contributed by atoms with Crippen molar-refractivity contribution in [2.75, 3.05) is 23.0 Å². The normalized spacial score (nSPS) is 15.0. The first-order valence-corrected chi connectivity index (χ1v) is 32.7. The molecular formula is C49H66N20O4Si2. The summed E-state index contributed by atoms with van der Waals surface area (Å²) in [5, 5.41) is 34.6. The minimum absolute atomic E-state index is 0.0412. The van der Waals surface area contributed by atoms with Crippen LogP contribution in [0.15, 0.2) is 68.0 Å². The van der Waals surface area contributed by atoms with E-state index in [2.05, 4.69) is 114 Å². The van der Waals surface area contributed by atoms with Crippen LogP contribution in [-0.2, 0) is 49.9 Å². The number of anilines is 4. The molecule has 0 N–H and O–H groups in total. The second-order valence-electron chi connectivity index (χ2n) is 21.2. The van der Waals surface area contributed by atoms with Crippen LogP contribution >= 0.6 is 0 Å². The van der Waals surface area contributed by atoms with E-state index >= 15 is 0 Å². The first kappa shape index (κ1) is 52.4. The fourth-order valence-electron chi connectivity index (χ4n) is 9.00. The molecule has 394 valence electrons. The van der Waals surface area contributed by atoms with Crippen molar-refractivity contribution in [2.45, 2.75) is 123 Å². The quantitative estimate of drug-likeness (QED) is 0.0425. The van der Waals surface area contributed by atoms with Crippen LogP contribution in [0, 0.1) is 6.92 Å². The van der Waals surface area contributed by atoms with E-state index in [1.807, 2.05) is 42.5 Å². The molecule has 0 bridgehead atoms. The van der Waals surface area contributed by atoms with Gasteiger partial charge < -0.3 is 19.3 Å². The SMILES string of the molecule is CCC1c2nnc(C)n2-c2cnc(CC(=O)c3ccnn3COCC[Si](C)(C)C)nc2N1c1cnn(C)c1.CCC1c2nncn2-c2cnc(CC(=O)c3ccnn3COCC[Si](C)(C)C)nc2N1c1cnn(C)c1. The summed E-state index contributed by atoms with van der Waals surface area (Å²) in [5.74, 6) is 4.40. The number of rotatable bonds is 20. The Morgan fingerprint density at radius 2 is 1.12 bits per heavy atom. The largest absolute Gasteiger partial charge is 0.360 e. The Kier molecular flexibility index (Phi) is 15.2. The molecule has 2 aliphatic rings. The summed E-state index contributed by atoms with van der Waals surface area (Å²) in [4.78, 5) is 49.6. The Hall–Kier alpha value is -7.43. The summed E-state index contributed by atoms with van der Waals surface area (Å²) < 4.78 is 22.2. The standard InChI is InChI=1S/C25H34N10O2Si.C24H32N10O2Si/c1-7-19-25-31-30-17(2)34(25)21-14-26-23(29-24(21)35(19)18-13-28-32(3)15-18)12-22(36)20-8-9-27-33(20)16-37-10-11-38(4,5)6;1-6-18-24-30-26-15-32(24)20-13-25-22(29-23(20)34(18)17-12-28-31(2)14-17)11-21(35)19-7-8-27-33(19)16-36-9-10-37(3,4)5/h8-9,13-15,19H,7,10-12,16H2,1-6H3;7-8,12-15,18H,6,9-11,16H2,1-5H3. The number of aromatic nitrogens is 18. The van der Waals surface area contributed by atoms with Crippen molar-refractivity contribution in [1.82, 2.24) is 88.6 Å². The average Bonchev–Trinajstić information content (AvgIpc) is 4.25. The molecule has 0 aliphatic carbocycles. The van der Waals surface area contributed by atoms with Gasteiger partial charge in [0.25, 0.3) is 0 Å². The van der Waals surface area contributed by atoms with Gasteiger partial charge >= 0.3 is 0 Å². The molecule has 75 heavy (non-hydrogen) atoms. The van der Waals surface area contributed by atoms with Gasteiger partial charge in [-0.3, -0.25) is 28.1 Å². The van der Waals surface area contributed by atoms with Gasteiger partial charge in [-0.25, -0.2) is 29.3 Å². The zero-order valence-electron chi connectivity index (χ0n) is 44.7. The average molecular weight is 1060 g/mol. The smallest absolute Gasteiger partial charge is 0.188 e. The molecular weight excluding hydrogens is 989 g/mol. The summed E-state index contributed by atoms with van der Waals surface area (Å²) in [7, 11) is 1.37. The number of aryl methyl sites for hydroxylation is 3. The molecule has 0 saturated heterocycles. The predicted octanol–water partition coefficient (Wildman–Crippen LogP) is 6.96. The molecule has 0 fully saturated rings. The Bertz CT molecular complexity index is 3280. The summed E-state index contributed by atoms with van der Waals surface area (Å²) in [6.45, 7) is 21.7. The molecule has 0 saturated carbocycles. The van der Waals surface area contributed by atoms with Gasteiger partial charge in [0.05, 0.1) is 61.1 Å². The van der Waals surface area contributed by atoms with Crippen LogP contribution in [0.25, 0.3) is 11.4 Å². The zero-order chi connectivity index (χ0) is 53.2. The van der Waals surface area contributed by atoms with Crippen LogP contribution in [0.4, 0.5) is 23.0 Å². The van der Waals surface area contributed by atoms with Crippen LogP contribution in [0.3, 0.4) is 0 Å². The molecule has 2 atom stereocenters. The van der Waals surface area contributed by atoms with E-state index in [0.29, 0.717) is 47.9 Å². The van der Waals surface area contributed by atoms with Crippen LogP contribution in [0.1, 0.15) is 88.9 Å². The topological polar surface area (TPSA) is 243 Å². The van der Waals surface area contributed by atoms with E-state index in [1.165, 1.54) is 0 Å². The number of ketones is 2.